The standard InChI is InChI=1S/C13H14/c1-11-7-8-13(9-11)10-12-5-3-2-4-6-12/h2-8H,9-10H2,1H3. The van der Waals surface area contributed by atoms with Crippen LogP contribution in [0.25, 0.3) is 0 Å². The molecule has 0 nitrogen and oxygen atoms in total. The molecule has 1 aromatic rings. The van der Waals surface area contributed by atoms with E-state index in [1.54, 1.807) is 0 Å². The van der Waals surface area contributed by atoms with Gasteiger partial charge in [0.05, 0.1) is 0 Å². The van der Waals surface area contributed by atoms with Crippen molar-refractivity contribution < 1.29 is 0 Å². The van der Waals surface area contributed by atoms with E-state index in [9.17, 15) is 0 Å². The van der Waals surface area contributed by atoms with Gasteiger partial charge in [-0.05, 0) is 25.3 Å². The van der Waals surface area contributed by atoms with Crippen LogP contribution in [0.4, 0.5) is 0 Å². The number of benzene rings is 1. The first-order valence-electron chi connectivity index (χ1n) is 4.74. The average molecular weight is 170 g/mol. The van der Waals surface area contributed by atoms with Gasteiger partial charge >= 0.3 is 0 Å². The Balaban J connectivity index is 2.02. The molecule has 0 N–H and O–H groups in total. The lowest BCUT2D eigenvalue weighted by Crippen LogP contribution is -1.87. The van der Waals surface area contributed by atoms with Crippen molar-refractivity contribution in [3.63, 3.8) is 0 Å². The Morgan fingerprint density at radius 3 is 2.46 bits per heavy atom. The van der Waals surface area contributed by atoms with Crippen LogP contribution < -0.4 is 0 Å². The van der Waals surface area contributed by atoms with Crippen molar-refractivity contribution in [2.24, 2.45) is 0 Å². The Morgan fingerprint density at radius 1 is 1.08 bits per heavy atom. The second-order valence-corrected chi connectivity index (χ2v) is 3.68. The first-order chi connectivity index (χ1) is 6.34. The van der Waals surface area contributed by atoms with E-state index in [1.165, 1.54) is 16.7 Å². The molecule has 66 valence electrons. The topological polar surface area (TPSA) is 0 Å². The van der Waals surface area contributed by atoms with Crippen LogP contribution in [-0.4, -0.2) is 0 Å². The van der Waals surface area contributed by atoms with Crippen LogP contribution in [0.5, 0.6) is 0 Å². The van der Waals surface area contributed by atoms with Crippen LogP contribution in [0.15, 0.2) is 53.6 Å². The van der Waals surface area contributed by atoms with Crippen molar-refractivity contribution in [2.75, 3.05) is 0 Å². The van der Waals surface area contributed by atoms with Crippen LogP contribution in [0.2, 0.25) is 0 Å². The maximum Gasteiger partial charge on any atom is -0.00608 e. The molecule has 1 aliphatic rings. The Kier molecular flexibility index (Phi) is 2.31. The predicted octanol–water partition coefficient (Wildman–Crippen LogP) is 3.51. The molecule has 0 unspecified atom stereocenters. The highest BCUT2D eigenvalue weighted by molar-refractivity contribution is 5.33. The minimum Gasteiger partial charge on any atom is -0.0693 e. The maximum absolute atomic E-state index is 2.25. The van der Waals surface area contributed by atoms with Gasteiger partial charge in [-0.15, -0.1) is 0 Å². The summed E-state index contributed by atoms with van der Waals surface area (Å²) >= 11 is 0. The van der Waals surface area contributed by atoms with Crippen molar-refractivity contribution in [3.8, 4) is 0 Å². The fraction of sp³-hybridized carbons (Fsp3) is 0.231. The van der Waals surface area contributed by atoms with E-state index in [-0.39, 0.29) is 0 Å². The van der Waals surface area contributed by atoms with Crippen LogP contribution in [0.3, 0.4) is 0 Å². The van der Waals surface area contributed by atoms with Gasteiger partial charge in [-0.1, -0.05) is 53.6 Å². The summed E-state index contributed by atoms with van der Waals surface area (Å²) in [5, 5.41) is 0. The lowest BCUT2D eigenvalue weighted by Gasteiger charge is -2.02. The molecule has 0 saturated heterocycles. The fourth-order valence-electron chi connectivity index (χ4n) is 1.72. The molecule has 0 spiro atoms. The summed E-state index contributed by atoms with van der Waals surface area (Å²) in [6.45, 7) is 2.19. The van der Waals surface area contributed by atoms with E-state index in [1.807, 2.05) is 0 Å². The Bertz CT molecular complexity index is 342. The number of hydrogen-bond acceptors (Lipinski definition) is 0. The second-order valence-electron chi connectivity index (χ2n) is 3.68. The number of hydrogen-bond donors (Lipinski definition) is 0. The molecule has 0 heteroatoms. The van der Waals surface area contributed by atoms with E-state index in [0.717, 1.165) is 12.8 Å². The van der Waals surface area contributed by atoms with Gasteiger partial charge in [-0.25, -0.2) is 0 Å². The van der Waals surface area contributed by atoms with Crippen LogP contribution in [-0.2, 0) is 6.42 Å². The molecule has 0 aliphatic heterocycles. The van der Waals surface area contributed by atoms with E-state index in [0.29, 0.717) is 0 Å². The number of allylic oxidation sites excluding steroid dienone is 4. The highest BCUT2D eigenvalue weighted by Crippen LogP contribution is 2.21. The van der Waals surface area contributed by atoms with Gasteiger partial charge in [0.1, 0.15) is 0 Å². The summed E-state index contributed by atoms with van der Waals surface area (Å²) in [6.07, 6.45) is 6.74. The normalized spacial score (nSPS) is 15.5. The van der Waals surface area contributed by atoms with Crippen LogP contribution in [0.1, 0.15) is 18.9 Å². The summed E-state index contributed by atoms with van der Waals surface area (Å²) in [5.41, 5.74) is 4.42. The van der Waals surface area contributed by atoms with Gasteiger partial charge < -0.3 is 0 Å². The highest BCUT2D eigenvalue weighted by Gasteiger charge is 2.04. The monoisotopic (exact) mass is 170 g/mol. The van der Waals surface area contributed by atoms with Gasteiger partial charge in [0, 0.05) is 0 Å². The fourth-order valence-corrected chi connectivity index (χ4v) is 1.72. The molecule has 0 bridgehead atoms. The third-order valence-electron chi connectivity index (χ3n) is 2.38. The van der Waals surface area contributed by atoms with Crippen molar-refractivity contribution in [1.29, 1.82) is 0 Å². The van der Waals surface area contributed by atoms with Gasteiger partial charge in [0.2, 0.25) is 0 Å². The van der Waals surface area contributed by atoms with E-state index in [4.69, 9.17) is 0 Å². The molecule has 0 fully saturated rings. The zero-order chi connectivity index (χ0) is 9.10. The molecule has 1 aliphatic carbocycles. The number of rotatable bonds is 2. The second kappa shape index (κ2) is 3.61. The van der Waals surface area contributed by atoms with Crippen molar-refractivity contribution in [1.82, 2.24) is 0 Å². The average Bonchev–Trinajstić information content (AvgIpc) is 2.53. The molecule has 0 aromatic heterocycles. The van der Waals surface area contributed by atoms with E-state index >= 15 is 0 Å². The predicted molar refractivity (Wildman–Crippen MR) is 56.6 cm³/mol. The molecular weight excluding hydrogens is 156 g/mol. The largest absolute Gasteiger partial charge is 0.0693 e. The molecule has 2 rings (SSSR count). The summed E-state index contributed by atoms with van der Waals surface area (Å²) in [4.78, 5) is 0. The molecule has 0 atom stereocenters. The van der Waals surface area contributed by atoms with Gasteiger partial charge in [0.15, 0.2) is 0 Å². The molecule has 0 radical (unpaired) electrons. The van der Waals surface area contributed by atoms with Gasteiger partial charge in [-0.3, -0.25) is 0 Å². The Labute approximate surface area is 79.6 Å². The smallest absolute Gasteiger partial charge is 0.00608 e. The molecule has 1 aromatic carbocycles. The summed E-state index contributed by atoms with van der Waals surface area (Å²) in [7, 11) is 0. The third-order valence-corrected chi connectivity index (χ3v) is 2.38. The molecular formula is C13H14. The van der Waals surface area contributed by atoms with Crippen LogP contribution in [0, 0.1) is 0 Å². The zero-order valence-electron chi connectivity index (χ0n) is 7.96. The van der Waals surface area contributed by atoms with Gasteiger partial charge in [0.25, 0.3) is 0 Å². The minimum absolute atomic E-state index is 1.11. The summed E-state index contributed by atoms with van der Waals surface area (Å²) in [6, 6.07) is 10.6. The first-order valence-corrected chi connectivity index (χ1v) is 4.74. The first kappa shape index (κ1) is 8.31. The highest BCUT2D eigenvalue weighted by atomic mass is 14.1. The molecule has 0 amide bonds. The Hall–Kier alpha value is -1.30. The zero-order valence-corrected chi connectivity index (χ0v) is 7.96. The minimum atomic E-state index is 1.11. The summed E-state index contributed by atoms with van der Waals surface area (Å²) in [5.74, 6) is 0. The Morgan fingerprint density at radius 2 is 1.85 bits per heavy atom. The lowest BCUT2D eigenvalue weighted by molar-refractivity contribution is 1.05. The quantitative estimate of drug-likeness (QED) is 0.637. The molecule has 13 heavy (non-hydrogen) atoms. The SMILES string of the molecule is CC1=CC=C(Cc2ccccc2)C1. The molecule has 0 heterocycles. The van der Waals surface area contributed by atoms with Crippen molar-refractivity contribution in [3.05, 3.63) is 59.2 Å². The van der Waals surface area contributed by atoms with E-state index < -0.39 is 0 Å². The maximum atomic E-state index is 2.25. The van der Waals surface area contributed by atoms with Crippen LogP contribution >= 0.6 is 0 Å². The lowest BCUT2D eigenvalue weighted by atomic mass is 10.0. The van der Waals surface area contributed by atoms with Gasteiger partial charge in [-0.2, -0.15) is 0 Å². The third kappa shape index (κ3) is 2.09. The van der Waals surface area contributed by atoms with Crippen molar-refractivity contribution >= 4 is 0 Å². The molecule has 0 saturated carbocycles. The van der Waals surface area contributed by atoms with E-state index in [2.05, 4.69) is 49.4 Å². The summed E-state index contributed by atoms with van der Waals surface area (Å²) < 4.78 is 0. The van der Waals surface area contributed by atoms with Crippen molar-refractivity contribution in [2.45, 2.75) is 19.8 Å².